The molecule has 3 heterocycles. The molecule has 0 aromatic carbocycles. The Hall–Kier alpha value is -1.01. The first kappa shape index (κ1) is 19.7. The molecule has 2 aliphatic heterocycles. The molecule has 2 fully saturated rings. The van der Waals surface area contributed by atoms with Crippen LogP contribution in [0, 0.1) is 6.92 Å². The van der Waals surface area contributed by atoms with Crippen LogP contribution >= 0.6 is 0 Å². The average Bonchev–Trinajstić information content (AvgIpc) is 2.64. The molecule has 0 bridgehead atoms. The maximum absolute atomic E-state index is 9.57. The number of piperidine rings is 1. The molecule has 0 aliphatic carbocycles. The lowest BCUT2D eigenvalue weighted by atomic mass is 9.99. The van der Waals surface area contributed by atoms with E-state index in [-0.39, 0.29) is 6.61 Å². The molecule has 5 nitrogen and oxygen atoms in total. The number of likely N-dealkylation sites (tertiary alicyclic amines) is 1. The number of aliphatic hydroxyl groups is 1. The van der Waals surface area contributed by atoms with E-state index in [4.69, 9.17) is 0 Å². The van der Waals surface area contributed by atoms with Crippen LogP contribution in [0.5, 0.6) is 0 Å². The fraction of sp³-hybridized carbons (Fsp3) is 0.762. The summed E-state index contributed by atoms with van der Waals surface area (Å²) in [6.45, 7) is 12.5. The Labute approximate surface area is 159 Å². The summed E-state index contributed by atoms with van der Waals surface area (Å²) >= 11 is 0. The van der Waals surface area contributed by atoms with Crippen LogP contribution in [0.2, 0.25) is 0 Å². The van der Waals surface area contributed by atoms with Gasteiger partial charge < -0.3 is 10.0 Å². The second kappa shape index (κ2) is 9.79. The zero-order valence-corrected chi connectivity index (χ0v) is 16.6. The van der Waals surface area contributed by atoms with Crippen LogP contribution < -0.4 is 0 Å². The fourth-order valence-electron chi connectivity index (χ4n) is 4.60. The van der Waals surface area contributed by atoms with E-state index in [2.05, 4.69) is 51.7 Å². The van der Waals surface area contributed by atoms with Gasteiger partial charge in [-0.3, -0.25) is 14.8 Å². The molecule has 0 spiro atoms. The molecule has 1 atom stereocenters. The molecule has 0 amide bonds. The molecule has 0 saturated carbocycles. The predicted octanol–water partition coefficient (Wildman–Crippen LogP) is 2.13. The van der Waals surface area contributed by atoms with Gasteiger partial charge in [0.05, 0.1) is 5.69 Å². The van der Waals surface area contributed by atoms with Gasteiger partial charge in [0.1, 0.15) is 0 Å². The van der Waals surface area contributed by atoms with Crippen LogP contribution in [0.3, 0.4) is 0 Å². The molecule has 26 heavy (non-hydrogen) atoms. The van der Waals surface area contributed by atoms with Crippen LogP contribution in [0.15, 0.2) is 18.2 Å². The second-order valence-electron chi connectivity index (χ2n) is 7.97. The molecule has 2 saturated heterocycles. The number of hydrogen-bond donors (Lipinski definition) is 1. The first-order valence-electron chi connectivity index (χ1n) is 10.4. The lowest BCUT2D eigenvalue weighted by Crippen LogP contribution is -2.57. The maximum atomic E-state index is 9.57. The van der Waals surface area contributed by atoms with Gasteiger partial charge in [-0.25, -0.2) is 0 Å². The van der Waals surface area contributed by atoms with E-state index in [0.717, 1.165) is 50.0 Å². The minimum absolute atomic E-state index is 0.269. The highest BCUT2D eigenvalue weighted by molar-refractivity contribution is 5.10. The number of aryl methyl sites for hydroxylation is 1. The molecule has 1 aromatic heterocycles. The third kappa shape index (κ3) is 5.26. The van der Waals surface area contributed by atoms with Gasteiger partial charge in [-0.1, -0.05) is 13.0 Å². The predicted molar refractivity (Wildman–Crippen MR) is 106 cm³/mol. The third-order valence-corrected chi connectivity index (χ3v) is 6.02. The fourth-order valence-corrected chi connectivity index (χ4v) is 4.60. The van der Waals surface area contributed by atoms with Crippen LogP contribution in [-0.2, 0) is 6.54 Å². The van der Waals surface area contributed by atoms with Gasteiger partial charge in [-0.2, -0.15) is 0 Å². The molecule has 0 unspecified atom stereocenters. The molecule has 2 aliphatic rings. The van der Waals surface area contributed by atoms with E-state index >= 15 is 0 Å². The van der Waals surface area contributed by atoms with Crippen LogP contribution in [0.1, 0.15) is 44.0 Å². The summed E-state index contributed by atoms with van der Waals surface area (Å²) in [6.07, 6.45) is 4.71. The summed E-state index contributed by atoms with van der Waals surface area (Å²) in [5, 5.41) is 9.57. The summed E-state index contributed by atoms with van der Waals surface area (Å²) in [5.41, 5.74) is 2.23. The van der Waals surface area contributed by atoms with Crippen molar-refractivity contribution in [1.29, 1.82) is 0 Å². The van der Waals surface area contributed by atoms with Gasteiger partial charge in [-0.05, 0) is 64.4 Å². The van der Waals surface area contributed by atoms with E-state index in [1.807, 2.05) is 0 Å². The summed E-state index contributed by atoms with van der Waals surface area (Å²) in [6, 6.07) is 7.43. The first-order chi connectivity index (χ1) is 12.7. The number of nitrogens with zero attached hydrogens (tertiary/aromatic N) is 4. The van der Waals surface area contributed by atoms with E-state index in [1.54, 1.807) is 0 Å². The normalized spacial score (nSPS) is 24.2. The van der Waals surface area contributed by atoms with Crippen LogP contribution in [0.4, 0.5) is 0 Å². The monoisotopic (exact) mass is 360 g/mol. The van der Waals surface area contributed by atoms with Crippen molar-refractivity contribution in [2.75, 3.05) is 45.9 Å². The zero-order chi connectivity index (χ0) is 18.4. The summed E-state index contributed by atoms with van der Waals surface area (Å²) < 4.78 is 0. The van der Waals surface area contributed by atoms with Gasteiger partial charge in [0.25, 0.3) is 0 Å². The quantitative estimate of drug-likeness (QED) is 0.807. The number of aromatic nitrogens is 1. The molecular weight excluding hydrogens is 324 g/mol. The first-order valence-corrected chi connectivity index (χ1v) is 10.4. The van der Waals surface area contributed by atoms with Crippen molar-refractivity contribution in [3.05, 3.63) is 29.6 Å². The highest BCUT2D eigenvalue weighted by Gasteiger charge is 2.32. The van der Waals surface area contributed by atoms with Crippen LogP contribution in [-0.4, -0.2) is 82.7 Å². The Morgan fingerprint density at radius 1 is 1.15 bits per heavy atom. The largest absolute Gasteiger partial charge is 0.396 e. The Balaban J connectivity index is 1.56. The minimum Gasteiger partial charge on any atom is -0.396 e. The maximum Gasteiger partial charge on any atom is 0.0547 e. The van der Waals surface area contributed by atoms with Crippen molar-refractivity contribution in [3.8, 4) is 0 Å². The van der Waals surface area contributed by atoms with E-state index < -0.39 is 0 Å². The van der Waals surface area contributed by atoms with Crippen molar-refractivity contribution in [2.45, 2.75) is 58.2 Å². The molecule has 1 aromatic rings. The summed E-state index contributed by atoms with van der Waals surface area (Å²) in [7, 11) is 0. The van der Waals surface area contributed by atoms with Crippen molar-refractivity contribution < 1.29 is 5.11 Å². The van der Waals surface area contributed by atoms with Crippen molar-refractivity contribution in [3.63, 3.8) is 0 Å². The topological polar surface area (TPSA) is 42.8 Å². The SMILES string of the molecule is CCCN1CCC(N2CCN(Cc3cccc(C)n3)[C@H](CCO)C2)CC1. The van der Waals surface area contributed by atoms with Crippen molar-refractivity contribution in [1.82, 2.24) is 19.7 Å². The lowest BCUT2D eigenvalue weighted by Gasteiger charge is -2.46. The number of piperazine rings is 1. The Morgan fingerprint density at radius 3 is 2.65 bits per heavy atom. The standard InChI is InChI=1S/C21H36N4O/c1-3-10-23-11-7-20(8-12-23)25-14-13-24(21(17-25)9-15-26)16-19-6-4-5-18(2)22-19/h4-6,20-21,26H,3,7-17H2,1-2H3/t21-/m1/s1. The van der Waals surface area contributed by atoms with E-state index in [1.165, 1.54) is 38.9 Å². The summed E-state index contributed by atoms with van der Waals surface area (Å²) in [4.78, 5) is 12.5. The number of aliphatic hydroxyl groups excluding tert-OH is 1. The van der Waals surface area contributed by atoms with Crippen LogP contribution in [0.25, 0.3) is 0 Å². The van der Waals surface area contributed by atoms with Gasteiger partial charge in [0, 0.05) is 50.6 Å². The third-order valence-electron chi connectivity index (χ3n) is 6.02. The van der Waals surface area contributed by atoms with Gasteiger partial charge >= 0.3 is 0 Å². The highest BCUT2D eigenvalue weighted by Crippen LogP contribution is 2.23. The van der Waals surface area contributed by atoms with Gasteiger partial charge in [0.2, 0.25) is 0 Å². The second-order valence-corrected chi connectivity index (χ2v) is 7.97. The van der Waals surface area contributed by atoms with Gasteiger partial charge in [-0.15, -0.1) is 0 Å². The smallest absolute Gasteiger partial charge is 0.0547 e. The zero-order valence-electron chi connectivity index (χ0n) is 16.6. The molecule has 1 N–H and O–H groups in total. The number of pyridine rings is 1. The highest BCUT2D eigenvalue weighted by atomic mass is 16.3. The molecule has 3 rings (SSSR count). The molecule has 146 valence electrons. The Bertz CT molecular complexity index is 545. The Morgan fingerprint density at radius 2 is 1.96 bits per heavy atom. The molecule has 5 heteroatoms. The molecular formula is C21H36N4O. The number of hydrogen-bond acceptors (Lipinski definition) is 5. The van der Waals surface area contributed by atoms with Crippen molar-refractivity contribution in [2.24, 2.45) is 0 Å². The molecule has 0 radical (unpaired) electrons. The van der Waals surface area contributed by atoms with Gasteiger partial charge in [0.15, 0.2) is 0 Å². The Kier molecular flexibility index (Phi) is 7.43. The lowest BCUT2D eigenvalue weighted by molar-refractivity contribution is 0.0126. The van der Waals surface area contributed by atoms with E-state index in [0.29, 0.717) is 6.04 Å². The van der Waals surface area contributed by atoms with E-state index in [9.17, 15) is 5.11 Å². The average molecular weight is 361 g/mol. The van der Waals surface area contributed by atoms with Crippen molar-refractivity contribution >= 4 is 0 Å². The number of rotatable bonds is 7. The summed E-state index contributed by atoms with van der Waals surface area (Å²) in [5.74, 6) is 0. The minimum atomic E-state index is 0.269.